The zero-order valence-corrected chi connectivity index (χ0v) is 15.7. The minimum atomic E-state index is -3.93. The maximum absolute atomic E-state index is 12.8. The Morgan fingerprint density at radius 1 is 1.00 bits per heavy atom. The molecule has 0 heterocycles. The average molecular weight is 376 g/mol. The number of methoxy groups -OCH3 is 1. The zero-order valence-electron chi connectivity index (χ0n) is 14.9. The van der Waals surface area contributed by atoms with Crippen molar-refractivity contribution in [3.63, 3.8) is 0 Å². The molecule has 7 nitrogen and oxygen atoms in total. The molecule has 2 aromatic rings. The van der Waals surface area contributed by atoms with Crippen LogP contribution < -0.4 is 10.0 Å². The van der Waals surface area contributed by atoms with Crippen LogP contribution in [0.5, 0.6) is 0 Å². The molecule has 0 fully saturated rings. The third kappa shape index (κ3) is 4.40. The second kappa shape index (κ2) is 7.57. The third-order valence-corrected chi connectivity index (χ3v) is 5.21. The molecule has 8 heteroatoms. The Balaban J connectivity index is 2.43. The number of hydrogen-bond donors (Lipinski definition) is 2. The highest BCUT2D eigenvalue weighted by Gasteiger charge is 2.20. The summed E-state index contributed by atoms with van der Waals surface area (Å²) in [5.74, 6) is -0.860. The maximum Gasteiger partial charge on any atom is 0.337 e. The normalized spacial score (nSPS) is 10.9. The van der Waals surface area contributed by atoms with Crippen LogP contribution in [-0.4, -0.2) is 27.4 Å². The molecule has 0 aliphatic heterocycles. The van der Waals surface area contributed by atoms with Gasteiger partial charge in [0.05, 0.1) is 23.3 Å². The molecule has 1 amide bonds. The van der Waals surface area contributed by atoms with Crippen LogP contribution in [-0.2, 0) is 19.6 Å². The van der Waals surface area contributed by atoms with E-state index in [1.807, 2.05) is 0 Å². The van der Waals surface area contributed by atoms with Gasteiger partial charge < -0.3 is 10.1 Å². The van der Waals surface area contributed by atoms with Crippen LogP contribution in [0.2, 0.25) is 0 Å². The Morgan fingerprint density at radius 3 is 2.27 bits per heavy atom. The number of anilines is 2. The molecule has 2 aromatic carbocycles. The lowest BCUT2D eigenvalue weighted by Gasteiger charge is -2.14. The Labute approximate surface area is 152 Å². The number of ether oxygens (including phenoxy) is 1. The summed E-state index contributed by atoms with van der Waals surface area (Å²) in [6.45, 7) is 4.72. The van der Waals surface area contributed by atoms with E-state index in [0.717, 1.165) is 0 Å². The van der Waals surface area contributed by atoms with E-state index in [1.165, 1.54) is 26.2 Å². The van der Waals surface area contributed by atoms with Crippen LogP contribution in [0, 0.1) is 13.8 Å². The highest BCUT2D eigenvalue weighted by Crippen LogP contribution is 2.25. The Hall–Kier alpha value is -2.87. The molecule has 26 heavy (non-hydrogen) atoms. The van der Waals surface area contributed by atoms with Crippen LogP contribution in [0.25, 0.3) is 0 Å². The van der Waals surface area contributed by atoms with E-state index in [9.17, 15) is 18.0 Å². The van der Waals surface area contributed by atoms with Gasteiger partial charge in [0.2, 0.25) is 5.91 Å². The molecular weight excluding hydrogens is 356 g/mol. The third-order valence-electron chi connectivity index (χ3n) is 3.70. The molecule has 2 N–H and O–H groups in total. The van der Waals surface area contributed by atoms with E-state index in [2.05, 4.69) is 14.8 Å². The first-order valence-electron chi connectivity index (χ1n) is 7.74. The molecule has 138 valence electrons. The minimum absolute atomic E-state index is 0.0339. The van der Waals surface area contributed by atoms with Gasteiger partial charge in [-0.15, -0.1) is 0 Å². The van der Waals surface area contributed by atoms with Crippen LogP contribution in [0.1, 0.15) is 28.4 Å². The van der Waals surface area contributed by atoms with Crippen molar-refractivity contribution >= 4 is 33.3 Å². The average Bonchev–Trinajstić information content (AvgIpc) is 2.57. The number of amides is 1. The fraction of sp³-hybridized carbons (Fsp3) is 0.222. The van der Waals surface area contributed by atoms with Crippen LogP contribution in [0.15, 0.2) is 41.3 Å². The number of esters is 1. The minimum Gasteiger partial charge on any atom is -0.465 e. The van der Waals surface area contributed by atoms with Crippen molar-refractivity contribution in [1.29, 1.82) is 0 Å². The summed E-state index contributed by atoms with van der Waals surface area (Å²) in [6, 6.07) is 9.23. The summed E-state index contributed by atoms with van der Waals surface area (Å²) in [5, 5.41) is 2.56. The predicted octanol–water partition coefficient (Wildman–Crippen LogP) is 2.85. The number of carbonyl (C=O) groups excluding carboxylic acids is 2. The Kier molecular flexibility index (Phi) is 5.66. The van der Waals surface area contributed by atoms with Crippen molar-refractivity contribution in [2.24, 2.45) is 0 Å². The first-order chi connectivity index (χ1) is 12.1. The summed E-state index contributed by atoms with van der Waals surface area (Å²) in [5.41, 5.74) is 2.06. The molecule has 0 bridgehead atoms. The van der Waals surface area contributed by atoms with Gasteiger partial charge in [-0.05, 0) is 49.2 Å². The van der Waals surface area contributed by atoms with E-state index in [0.29, 0.717) is 16.8 Å². The van der Waals surface area contributed by atoms with Crippen molar-refractivity contribution < 1.29 is 22.7 Å². The molecule has 0 spiro atoms. The maximum atomic E-state index is 12.8. The second-order valence-electron chi connectivity index (χ2n) is 5.79. The number of benzene rings is 2. The summed E-state index contributed by atoms with van der Waals surface area (Å²) in [4.78, 5) is 22.9. The van der Waals surface area contributed by atoms with Crippen LogP contribution >= 0.6 is 0 Å². The lowest BCUT2D eigenvalue weighted by atomic mass is 10.1. The van der Waals surface area contributed by atoms with Crippen molar-refractivity contribution in [3.8, 4) is 0 Å². The smallest absolute Gasteiger partial charge is 0.337 e. The lowest BCUT2D eigenvalue weighted by molar-refractivity contribution is -0.114. The van der Waals surface area contributed by atoms with E-state index >= 15 is 0 Å². The Bertz CT molecular complexity index is 968. The highest BCUT2D eigenvalue weighted by molar-refractivity contribution is 7.92. The van der Waals surface area contributed by atoms with E-state index < -0.39 is 16.0 Å². The predicted molar refractivity (Wildman–Crippen MR) is 98.8 cm³/mol. The van der Waals surface area contributed by atoms with Gasteiger partial charge in [-0.3, -0.25) is 9.52 Å². The first-order valence-corrected chi connectivity index (χ1v) is 9.22. The Morgan fingerprint density at radius 2 is 1.65 bits per heavy atom. The summed E-state index contributed by atoms with van der Waals surface area (Å²) in [7, 11) is -2.67. The van der Waals surface area contributed by atoms with Crippen molar-refractivity contribution in [3.05, 3.63) is 53.1 Å². The van der Waals surface area contributed by atoms with Gasteiger partial charge in [-0.1, -0.05) is 12.1 Å². The molecule has 0 unspecified atom stereocenters. The van der Waals surface area contributed by atoms with Gasteiger partial charge >= 0.3 is 5.97 Å². The second-order valence-corrected chi connectivity index (χ2v) is 7.44. The number of rotatable bonds is 5. The van der Waals surface area contributed by atoms with Gasteiger partial charge in [0.15, 0.2) is 0 Å². The van der Waals surface area contributed by atoms with Crippen LogP contribution in [0.4, 0.5) is 11.4 Å². The molecular formula is C18H20N2O5S. The summed E-state index contributed by atoms with van der Waals surface area (Å²) in [6.07, 6.45) is 0. The van der Waals surface area contributed by atoms with Crippen LogP contribution in [0.3, 0.4) is 0 Å². The molecule has 2 rings (SSSR count). The standard InChI is InChI=1S/C18H20N2O5S/c1-11-5-7-14(18(22)25-4)9-16(11)20-26(23,24)17-10-15(19-13(3)21)8-6-12(17)2/h5-10,20H,1-4H3,(H,19,21). The van der Waals surface area contributed by atoms with Gasteiger partial charge in [-0.2, -0.15) is 0 Å². The SMILES string of the molecule is COC(=O)c1ccc(C)c(NS(=O)(=O)c2cc(NC(C)=O)ccc2C)c1. The number of nitrogens with one attached hydrogen (secondary N) is 2. The molecule has 0 radical (unpaired) electrons. The van der Waals surface area contributed by atoms with E-state index in [-0.39, 0.29) is 22.1 Å². The van der Waals surface area contributed by atoms with Gasteiger partial charge in [-0.25, -0.2) is 13.2 Å². The number of aryl methyl sites for hydroxylation is 2. The number of carbonyl (C=O) groups is 2. The quantitative estimate of drug-likeness (QED) is 0.782. The summed E-state index contributed by atoms with van der Waals surface area (Å²) >= 11 is 0. The molecule has 0 atom stereocenters. The lowest BCUT2D eigenvalue weighted by Crippen LogP contribution is -2.16. The molecule has 0 aliphatic carbocycles. The van der Waals surface area contributed by atoms with Gasteiger partial charge in [0.25, 0.3) is 10.0 Å². The largest absolute Gasteiger partial charge is 0.465 e. The number of sulfonamides is 1. The monoisotopic (exact) mass is 376 g/mol. The fourth-order valence-corrected chi connectivity index (χ4v) is 3.74. The van der Waals surface area contributed by atoms with Crippen molar-refractivity contribution in [2.45, 2.75) is 25.7 Å². The number of hydrogen-bond acceptors (Lipinski definition) is 5. The van der Waals surface area contributed by atoms with Gasteiger partial charge in [0.1, 0.15) is 0 Å². The van der Waals surface area contributed by atoms with Crippen molar-refractivity contribution in [2.75, 3.05) is 17.1 Å². The van der Waals surface area contributed by atoms with Gasteiger partial charge in [0, 0.05) is 12.6 Å². The molecule has 0 saturated heterocycles. The van der Waals surface area contributed by atoms with E-state index in [4.69, 9.17) is 0 Å². The topological polar surface area (TPSA) is 102 Å². The van der Waals surface area contributed by atoms with Crippen molar-refractivity contribution in [1.82, 2.24) is 0 Å². The zero-order chi connectivity index (χ0) is 19.5. The fourth-order valence-electron chi connectivity index (χ4n) is 2.35. The highest BCUT2D eigenvalue weighted by atomic mass is 32.2. The van der Waals surface area contributed by atoms with E-state index in [1.54, 1.807) is 38.1 Å². The first kappa shape index (κ1) is 19.5. The molecule has 0 aromatic heterocycles. The molecule has 0 saturated carbocycles. The summed E-state index contributed by atoms with van der Waals surface area (Å²) < 4.78 is 32.8. The molecule has 0 aliphatic rings.